The molecule has 1 aromatic rings. The van der Waals surface area contributed by atoms with Gasteiger partial charge in [-0.15, -0.1) is 11.8 Å². The molecule has 104 valence electrons. The molecule has 1 aromatic carbocycles. The van der Waals surface area contributed by atoms with Gasteiger partial charge in [-0.25, -0.2) is 0 Å². The first-order valence-corrected chi connectivity index (χ1v) is 8.22. The van der Waals surface area contributed by atoms with Gasteiger partial charge in [-0.2, -0.15) is 0 Å². The minimum absolute atomic E-state index is 0.214. The molecule has 0 aromatic heterocycles. The van der Waals surface area contributed by atoms with E-state index in [1.165, 1.54) is 0 Å². The number of benzene rings is 1. The summed E-state index contributed by atoms with van der Waals surface area (Å²) in [7, 11) is 0. The third kappa shape index (κ3) is 3.75. The number of carbonyl (C=O) groups excluding carboxylic acids is 1. The zero-order valence-electron chi connectivity index (χ0n) is 11.9. The van der Waals surface area contributed by atoms with Crippen LogP contribution in [0.25, 0.3) is 0 Å². The Hall–Kier alpha value is -0.960. The fourth-order valence-corrected chi connectivity index (χ4v) is 3.27. The lowest BCUT2D eigenvalue weighted by Crippen LogP contribution is -2.38. The van der Waals surface area contributed by atoms with Gasteiger partial charge in [0.15, 0.2) is 0 Å². The molecule has 19 heavy (non-hydrogen) atoms. The second kappa shape index (κ2) is 6.99. The Morgan fingerprint density at radius 2 is 2.00 bits per heavy atom. The summed E-state index contributed by atoms with van der Waals surface area (Å²) < 4.78 is 0. The average molecular weight is 277 g/mol. The molecule has 0 N–H and O–H groups in total. The molecule has 0 aliphatic carbocycles. The number of hydrogen-bond donors (Lipinski definition) is 0. The van der Waals surface area contributed by atoms with E-state index in [-0.39, 0.29) is 5.91 Å². The summed E-state index contributed by atoms with van der Waals surface area (Å²) in [6.45, 7) is 6.26. The number of rotatable bonds is 4. The lowest BCUT2D eigenvalue weighted by atomic mass is 9.98. The van der Waals surface area contributed by atoms with Crippen LogP contribution in [-0.2, 0) is 0 Å². The predicted octanol–water partition coefficient (Wildman–Crippen LogP) is 4.06. The van der Waals surface area contributed by atoms with E-state index >= 15 is 0 Å². The first-order valence-electron chi connectivity index (χ1n) is 7.23. The molecule has 1 fully saturated rings. The Balaban J connectivity index is 2.09. The molecule has 0 atom stereocenters. The number of hydrogen-bond acceptors (Lipinski definition) is 2. The van der Waals surface area contributed by atoms with Gasteiger partial charge in [-0.3, -0.25) is 4.79 Å². The summed E-state index contributed by atoms with van der Waals surface area (Å²) in [4.78, 5) is 15.8. The van der Waals surface area contributed by atoms with Crippen molar-refractivity contribution in [1.82, 2.24) is 4.90 Å². The SMILES string of the molecule is CCCSc1ccccc1C(=O)N1CCC(C)CC1. The van der Waals surface area contributed by atoms with Crippen LogP contribution in [0.4, 0.5) is 0 Å². The van der Waals surface area contributed by atoms with E-state index in [0.717, 1.165) is 54.5 Å². The zero-order valence-corrected chi connectivity index (χ0v) is 12.7. The molecule has 0 saturated carbocycles. The minimum Gasteiger partial charge on any atom is -0.339 e. The zero-order chi connectivity index (χ0) is 13.7. The van der Waals surface area contributed by atoms with Crippen molar-refractivity contribution in [2.45, 2.75) is 38.0 Å². The second-order valence-electron chi connectivity index (χ2n) is 5.32. The fourth-order valence-electron chi connectivity index (χ4n) is 2.36. The van der Waals surface area contributed by atoms with Crippen molar-refractivity contribution in [2.75, 3.05) is 18.8 Å². The molecule has 0 radical (unpaired) electrons. The van der Waals surface area contributed by atoms with Crippen molar-refractivity contribution < 1.29 is 4.79 Å². The van der Waals surface area contributed by atoms with E-state index in [4.69, 9.17) is 0 Å². The van der Waals surface area contributed by atoms with Crippen LogP contribution in [0.2, 0.25) is 0 Å². The highest BCUT2D eigenvalue weighted by molar-refractivity contribution is 7.99. The highest BCUT2D eigenvalue weighted by Crippen LogP contribution is 2.26. The van der Waals surface area contributed by atoms with Crippen molar-refractivity contribution in [1.29, 1.82) is 0 Å². The maximum Gasteiger partial charge on any atom is 0.254 e. The van der Waals surface area contributed by atoms with E-state index in [0.29, 0.717) is 0 Å². The fraction of sp³-hybridized carbons (Fsp3) is 0.562. The van der Waals surface area contributed by atoms with Crippen molar-refractivity contribution in [3.8, 4) is 0 Å². The average Bonchev–Trinajstić information content (AvgIpc) is 2.45. The summed E-state index contributed by atoms with van der Waals surface area (Å²) in [5.41, 5.74) is 0.885. The maximum absolute atomic E-state index is 12.6. The van der Waals surface area contributed by atoms with Crippen LogP contribution in [0.15, 0.2) is 29.2 Å². The lowest BCUT2D eigenvalue weighted by molar-refractivity contribution is 0.0693. The molecular weight excluding hydrogens is 254 g/mol. The van der Waals surface area contributed by atoms with Crippen LogP contribution in [0, 0.1) is 5.92 Å². The number of thioether (sulfide) groups is 1. The summed E-state index contributed by atoms with van der Waals surface area (Å²) in [6, 6.07) is 8.03. The Kier molecular flexibility index (Phi) is 5.32. The number of piperidine rings is 1. The van der Waals surface area contributed by atoms with Crippen LogP contribution < -0.4 is 0 Å². The second-order valence-corrected chi connectivity index (χ2v) is 6.46. The number of carbonyl (C=O) groups is 1. The third-order valence-electron chi connectivity index (χ3n) is 3.65. The Morgan fingerprint density at radius 3 is 2.68 bits per heavy atom. The van der Waals surface area contributed by atoms with E-state index in [2.05, 4.69) is 19.9 Å². The topological polar surface area (TPSA) is 20.3 Å². The molecule has 0 spiro atoms. The van der Waals surface area contributed by atoms with E-state index in [1.807, 2.05) is 23.1 Å². The van der Waals surface area contributed by atoms with Gasteiger partial charge in [0.05, 0.1) is 5.56 Å². The molecule has 1 saturated heterocycles. The highest BCUT2D eigenvalue weighted by atomic mass is 32.2. The van der Waals surface area contributed by atoms with Crippen LogP contribution >= 0.6 is 11.8 Å². The monoisotopic (exact) mass is 277 g/mol. The molecule has 0 unspecified atom stereocenters. The third-order valence-corrected chi connectivity index (χ3v) is 4.93. The first kappa shape index (κ1) is 14.4. The molecule has 3 heteroatoms. The number of amides is 1. The van der Waals surface area contributed by atoms with Gasteiger partial charge in [0.25, 0.3) is 5.91 Å². The molecule has 1 aliphatic rings. The van der Waals surface area contributed by atoms with Gasteiger partial charge in [0.1, 0.15) is 0 Å². The van der Waals surface area contributed by atoms with E-state index in [1.54, 1.807) is 11.8 Å². The number of nitrogens with zero attached hydrogens (tertiary/aromatic N) is 1. The maximum atomic E-state index is 12.6. The van der Waals surface area contributed by atoms with E-state index < -0.39 is 0 Å². The van der Waals surface area contributed by atoms with Gasteiger partial charge in [-0.1, -0.05) is 26.0 Å². The Labute approximate surface area is 120 Å². The van der Waals surface area contributed by atoms with Crippen LogP contribution in [0.1, 0.15) is 43.5 Å². The lowest BCUT2D eigenvalue weighted by Gasteiger charge is -2.30. The van der Waals surface area contributed by atoms with Gasteiger partial charge in [0, 0.05) is 18.0 Å². The standard InChI is InChI=1S/C16H23NOS/c1-3-12-19-15-7-5-4-6-14(15)16(18)17-10-8-13(2)9-11-17/h4-7,13H,3,8-12H2,1-2H3. The quantitative estimate of drug-likeness (QED) is 0.774. The summed E-state index contributed by atoms with van der Waals surface area (Å²) >= 11 is 1.79. The minimum atomic E-state index is 0.214. The highest BCUT2D eigenvalue weighted by Gasteiger charge is 2.22. The Bertz CT molecular complexity index is 425. The molecule has 2 rings (SSSR count). The summed E-state index contributed by atoms with van der Waals surface area (Å²) in [5, 5.41) is 0. The van der Waals surface area contributed by atoms with Crippen LogP contribution in [-0.4, -0.2) is 29.6 Å². The molecule has 0 bridgehead atoms. The Morgan fingerprint density at radius 1 is 1.32 bits per heavy atom. The van der Waals surface area contributed by atoms with E-state index in [9.17, 15) is 4.79 Å². The smallest absolute Gasteiger partial charge is 0.254 e. The van der Waals surface area contributed by atoms with Crippen molar-refractivity contribution in [3.05, 3.63) is 29.8 Å². The van der Waals surface area contributed by atoms with Crippen molar-refractivity contribution in [2.24, 2.45) is 5.92 Å². The van der Waals surface area contributed by atoms with Crippen molar-refractivity contribution in [3.63, 3.8) is 0 Å². The van der Waals surface area contributed by atoms with Gasteiger partial charge < -0.3 is 4.90 Å². The van der Waals surface area contributed by atoms with Gasteiger partial charge >= 0.3 is 0 Å². The first-order chi connectivity index (χ1) is 9.22. The molecule has 1 heterocycles. The van der Waals surface area contributed by atoms with Gasteiger partial charge in [-0.05, 0) is 43.1 Å². The summed E-state index contributed by atoms with van der Waals surface area (Å²) in [6.07, 6.45) is 3.40. The molecular formula is C16H23NOS. The molecule has 2 nitrogen and oxygen atoms in total. The molecule has 1 aliphatic heterocycles. The van der Waals surface area contributed by atoms with Crippen molar-refractivity contribution >= 4 is 17.7 Å². The van der Waals surface area contributed by atoms with Crippen LogP contribution in [0.3, 0.4) is 0 Å². The predicted molar refractivity (Wildman–Crippen MR) is 81.8 cm³/mol. The largest absolute Gasteiger partial charge is 0.339 e. The van der Waals surface area contributed by atoms with Crippen LogP contribution in [0.5, 0.6) is 0 Å². The summed E-state index contributed by atoms with van der Waals surface area (Å²) in [5.74, 6) is 2.04. The number of likely N-dealkylation sites (tertiary alicyclic amines) is 1. The van der Waals surface area contributed by atoms with Gasteiger partial charge in [0.2, 0.25) is 0 Å². The normalized spacial score (nSPS) is 16.6. The molecule has 1 amide bonds.